The van der Waals surface area contributed by atoms with E-state index in [1.165, 1.54) is 0 Å². The highest BCUT2D eigenvalue weighted by atomic mass is 32.1. The molecule has 5 nitrogen and oxygen atoms in total. The number of benzene rings is 1. The maximum Gasteiger partial charge on any atom is 0.357 e. The van der Waals surface area contributed by atoms with E-state index < -0.39 is 0 Å². The molecule has 1 aliphatic heterocycles. The molecule has 0 aliphatic carbocycles. The standard InChI is InChI=1S/C19H18N2O3S/c22-19(24-13-15-8-4-10-23-15)17-12-16(18-9-5-11-25-18)20-21(17)14-6-2-1-3-7-14/h1-3,5-7,9,11-12,15H,4,8,10,13H2/t15-/m1/s1. The van der Waals surface area contributed by atoms with Crippen molar-refractivity contribution in [1.29, 1.82) is 0 Å². The lowest BCUT2D eigenvalue weighted by molar-refractivity contribution is 0.0154. The van der Waals surface area contributed by atoms with E-state index >= 15 is 0 Å². The summed E-state index contributed by atoms with van der Waals surface area (Å²) >= 11 is 1.59. The van der Waals surface area contributed by atoms with E-state index in [-0.39, 0.29) is 18.7 Å². The summed E-state index contributed by atoms with van der Waals surface area (Å²) in [5, 5.41) is 6.61. The summed E-state index contributed by atoms with van der Waals surface area (Å²) in [6, 6.07) is 15.4. The average molecular weight is 354 g/mol. The Hall–Kier alpha value is -2.44. The van der Waals surface area contributed by atoms with E-state index in [0.717, 1.165) is 35.7 Å². The molecule has 25 heavy (non-hydrogen) atoms. The quantitative estimate of drug-likeness (QED) is 0.651. The fraction of sp³-hybridized carbons (Fsp3) is 0.263. The molecular formula is C19H18N2O3S. The van der Waals surface area contributed by atoms with Gasteiger partial charge in [0.25, 0.3) is 0 Å². The van der Waals surface area contributed by atoms with Crippen molar-refractivity contribution >= 4 is 17.3 Å². The van der Waals surface area contributed by atoms with Crippen LogP contribution < -0.4 is 0 Å². The molecule has 4 rings (SSSR count). The Morgan fingerprint density at radius 3 is 2.88 bits per heavy atom. The maximum absolute atomic E-state index is 12.6. The second-order valence-corrected chi connectivity index (χ2v) is 6.82. The highest BCUT2D eigenvalue weighted by Gasteiger charge is 2.22. The number of aromatic nitrogens is 2. The number of carbonyl (C=O) groups excluding carboxylic acids is 1. The molecule has 0 N–H and O–H groups in total. The van der Waals surface area contributed by atoms with Gasteiger partial charge in [0.1, 0.15) is 12.3 Å². The molecule has 0 bridgehead atoms. The van der Waals surface area contributed by atoms with Crippen LogP contribution in [-0.2, 0) is 9.47 Å². The summed E-state index contributed by atoms with van der Waals surface area (Å²) in [4.78, 5) is 13.7. The number of rotatable bonds is 5. The normalized spacial score (nSPS) is 16.9. The van der Waals surface area contributed by atoms with Gasteiger partial charge in [-0.2, -0.15) is 5.10 Å². The van der Waals surface area contributed by atoms with E-state index in [1.807, 2.05) is 47.8 Å². The predicted octanol–water partition coefficient (Wildman–Crippen LogP) is 3.94. The SMILES string of the molecule is O=C(OC[C@H]1CCCO1)c1cc(-c2cccs2)nn1-c1ccccc1. The molecule has 6 heteroatoms. The van der Waals surface area contributed by atoms with E-state index in [9.17, 15) is 4.79 Å². The topological polar surface area (TPSA) is 53.4 Å². The van der Waals surface area contributed by atoms with Crippen molar-refractivity contribution in [2.75, 3.05) is 13.2 Å². The van der Waals surface area contributed by atoms with Crippen LogP contribution in [0.1, 0.15) is 23.3 Å². The van der Waals surface area contributed by atoms with Gasteiger partial charge < -0.3 is 9.47 Å². The van der Waals surface area contributed by atoms with Gasteiger partial charge in [0.2, 0.25) is 0 Å². The Kier molecular flexibility index (Phi) is 4.63. The lowest BCUT2D eigenvalue weighted by Gasteiger charge is -2.11. The minimum atomic E-state index is -0.380. The Bertz CT molecular complexity index is 837. The number of para-hydroxylation sites is 1. The van der Waals surface area contributed by atoms with Crippen molar-refractivity contribution in [1.82, 2.24) is 9.78 Å². The Balaban J connectivity index is 1.63. The number of nitrogens with zero attached hydrogens (tertiary/aromatic N) is 2. The third-order valence-electron chi connectivity index (χ3n) is 4.12. The lowest BCUT2D eigenvalue weighted by atomic mass is 10.2. The summed E-state index contributed by atoms with van der Waals surface area (Å²) in [6.45, 7) is 1.03. The molecule has 1 fully saturated rings. The zero-order chi connectivity index (χ0) is 17.1. The van der Waals surface area contributed by atoms with Crippen molar-refractivity contribution in [3.05, 3.63) is 59.6 Å². The monoisotopic (exact) mass is 354 g/mol. The van der Waals surface area contributed by atoms with E-state index in [2.05, 4.69) is 5.10 Å². The Morgan fingerprint density at radius 1 is 1.28 bits per heavy atom. The van der Waals surface area contributed by atoms with Crippen LogP contribution in [0.5, 0.6) is 0 Å². The third-order valence-corrected chi connectivity index (χ3v) is 5.01. The van der Waals surface area contributed by atoms with Crippen molar-refractivity contribution in [2.24, 2.45) is 0 Å². The van der Waals surface area contributed by atoms with Gasteiger partial charge in [-0.15, -0.1) is 11.3 Å². The lowest BCUT2D eigenvalue weighted by Crippen LogP contribution is -2.19. The molecule has 0 radical (unpaired) electrons. The molecule has 1 aromatic carbocycles. The molecule has 3 heterocycles. The minimum absolute atomic E-state index is 0.00816. The van der Waals surface area contributed by atoms with Gasteiger partial charge in [-0.05, 0) is 36.4 Å². The van der Waals surface area contributed by atoms with Gasteiger partial charge in [0.05, 0.1) is 16.7 Å². The zero-order valence-electron chi connectivity index (χ0n) is 13.6. The van der Waals surface area contributed by atoms with Crippen LogP contribution in [0.15, 0.2) is 53.9 Å². The summed E-state index contributed by atoms with van der Waals surface area (Å²) < 4.78 is 12.6. The third kappa shape index (κ3) is 3.50. The van der Waals surface area contributed by atoms with Gasteiger partial charge in [-0.25, -0.2) is 9.48 Å². The average Bonchev–Trinajstić information content (AvgIpc) is 3.41. The summed E-state index contributed by atoms with van der Waals surface area (Å²) in [5.41, 5.74) is 2.02. The van der Waals surface area contributed by atoms with Crippen LogP contribution in [0.2, 0.25) is 0 Å². The number of thiophene rings is 1. The zero-order valence-corrected chi connectivity index (χ0v) is 14.4. The number of hydrogen-bond donors (Lipinski definition) is 0. The molecule has 3 aromatic rings. The van der Waals surface area contributed by atoms with Crippen molar-refractivity contribution in [3.63, 3.8) is 0 Å². The molecule has 0 saturated carbocycles. The molecule has 0 spiro atoms. The van der Waals surface area contributed by atoms with Crippen LogP contribution >= 0.6 is 11.3 Å². The van der Waals surface area contributed by atoms with Gasteiger partial charge in [0.15, 0.2) is 5.69 Å². The van der Waals surface area contributed by atoms with E-state index in [4.69, 9.17) is 9.47 Å². The van der Waals surface area contributed by atoms with Crippen LogP contribution in [0.25, 0.3) is 16.3 Å². The summed E-state index contributed by atoms with van der Waals surface area (Å²) in [7, 11) is 0. The highest BCUT2D eigenvalue weighted by Crippen LogP contribution is 2.26. The maximum atomic E-state index is 12.6. The Labute approximate surface area is 149 Å². The van der Waals surface area contributed by atoms with Gasteiger partial charge in [0, 0.05) is 12.7 Å². The predicted molar refractivity (Wildman–Crippen MR) is 96.1 cm³/mol. The van der Waals surface area contributed by atoms with Crippen molar-refractivity contribution in [3.8, 4) is 16.3 Å². The van der Waals surface area contributed by atoms with Crippen LogP contribution in [0.4, 0.5) is 0 Å². The molecule has 1 atom stereocenters. The molecule has 1 saturated heterocycles. The van der Waals surface area contributed by atoms with Gasteiger partial charge in [-0.1, -0.05) is 24.3 Å². The van der Waals surface area contributed by atoms with Crippen molar-refractivity contribution in [2.45, 2.75) is 18.9 Å². The second-order valence-electron chi connectivity index (χ2n) is 5.87. The molecular weight excluding hydrogens is 336 g/mol. The first kappa shape index (κ1) is 16.1. The van der Waals surface area contributed by atoms with Crippen molar-refractivity contribution < 1.29 is 14.3 Å². The van der Waals surface area contributed by atoms with Crippen LogP contribution in [0, 0.1) is 0 Å². The van der Waals surface area contributed by atoms with Crippen LogP contribution in [0.3, 0.4) is 0 Å². The van der Waals surface area contributed by atoms with Gasteiger partial charge in [-0.3, -0.25) is 0 Å². The fourth-order valence-corrected chi connectivity index (χ4v) is 3.54. The van der Waals surface area contributed by atoms with Crippen LogP contribution in [-0.4, -0.2) is 35.1 Å². The number of ether oxygens (including phenoxy) is 2. The number of esters is 1. The first-order chi connectivity index (χ1) is 12.3. The summed E-state index contributed by atoms with van der Waals surface area (Å²) in [5.74, 6) is -0.380. The first-order valence-electron chi connectivity index (χ1n) is 8.29. The van der Waals surface area contributed by atoms with Gasteiger partial charge >= 0.3 is 5.97 Å². The molecule has 128 valence electrons. The highest BCUT2D eigenvalue weighted by molar-refractivity contribution is 7.13. The first-order valence-corrected chi connectivity index (χ1v) is 9.17. The van der Waals surface area contributed by atoms with E-state index in [0.29, 0.717) is 5.69 Å². The van der Waals surface area contributed by atoms with E-state index in [1.54, 1.807) is 22.1 Å². The number of carbonyl (C=O) groups is 1. The smallest absolute Gasteiger partial charge is 0.357 e. The summed E-state index contributed by atoms with van der Waals surface area (Å²) in [6.07, 6.45) is 1.96. The molecule has 2 aromatic heterocycles. The second kappa shape index (κ2) is 7.21. The molecule has 0 amide bonds. The largest absolute Gasteiger partial charge is 0.458 e. The minimum Gasteiger partial charge on any atom is -0.458 e. The fourth-order valence-electron chi connectivity index (χ4n) is 2.86. The number of hydrogen-bond acceptors (Lipinski definition) is 5. The Morgan fingerprint density at radius 2 is 2.16 bits per heavy atom. The molecule has 0 unspecified atom stereocenters. The molecule has 1 aliphatic rings.